The van der Waals surface area contributed by atoms with Gasteiger partial charge in [0.1, 0.15) is 0 Å². The molecule has 0 bridgehead atoms. The summed E-state index contributed by atoms with van der Waals surface area (Å²) in [6.45, 7) is 0. The van der Waals surface area contributed by atoms with Crippen molar-refractivity contribution in [2.75, 3.05) is 4.72 Å². The van der Waals surface area contributed by atoms with Crippen LogP contribution in [0.2, 0.25) is 5.02 Å². The zero-order valence-electron chi connectivity index (χ0n) is 15.3. The smallest absolute Gasteiger partial charge is 0.271 e. The standard InChI is InChI=1S/C20H22ClN3O3S/c21-18-11-4-5-12-19(18)24-28(26,27)17-10-6-9-16(13-17)20(25)23-22-14-15-7-2-1-3-8-15/h4-6,9-15,24H,1-3,7-8H2,(H,23,25)/b22-14-. The van der Waals surface area contributed by atoms with E-state index in [4.69, 9.17) is 11.6 Å². The highest BCUT2D eigenvalue weighted by Gasteiger charge is 2.18. The van der Waals surface area contributed by atoms with Crippen LogP contribution in [0.15, 0.2) is 58.5 Å². The van der Waals surface area contributed by atoms with E-state index in [2.05, 4.69) is 15.2 Å². The first-order valence-corrected chi connectivity index (χ1v) is 11.0. The van der Waals surface area contributed by atoms with E-state index in [1.54, 1.807) is 36.5 Å². The Morgan fingerprint density at radius 1 is 1.07 bits per heavy atom. The molecule has 0 aliphatic heterocycles. The first kappa shape index (κ1) is 20.4. The number of anilines is 1. The third-order valence-electron chi connectivity index (χ3n) is 4.63. The lowest BCUT2D eigenvalue weighted by molar-refractivity contribution is 0.0954. The van der Waals surface area contributed by atoms with Crippen molar-refractivity contribution in [2.24, 2.45) is 11.0 Å². The Kier molecular flexibility index (Phi) is 6.70. The summed E-state index contributed by atoms with van der Waals surface area (Å²) in [6, 6.07) is 12.3. The number of rotatable bonds is 6. The number of halogens is 1. The summed E-state index contributed by atoms with van der Waals surface area (Å²) in [7, 11) is -3.88. The Labute approximate surface area is 170 Å². The van der Waals surface area contributed by atoms with Crippen LogP contribution < -0.4 is 10.1 Å². The predicted octanol–water partition coefficient (Wildman–Crippen LogP) is 4.44. The van der Waals surface area contributed by atoms with Gasteiger partial charge in [-0.2, -0.15) is 5.10 Å². The van der Waals surface area contributed by atoms with Gasteiger partial charge in [0.05, 0.1) is 15.6 Å². The van der Waals surface area contributed by atoms with E-state index < -0.39 is 15.9 Å². The minimum atomic E-state index is -3.88. The number of hydrazone groups is 1. The van der Waals surface area contributed by atoms with Gasteiger partial charge in [-0.3, -0.25) is 9.52 Å². The number of para-hydroxylation sites is 1. The van der Waals surface area contributed by atoms with Crippen LogP contribution in [0.1, 0.15) is 42.5 Å². The second kappa shape index (κ2) is 9.21. The topological polar surface area (TPSA) is 87.6 Å². The predicted molar refractivity (Wildman–Crippen MR) is 111 cm³/mol. The summed E-state index contributed by atoms with van der Waals surface area (Å²) >= 11 is 6.01. The van der Waals surface area contributed by atoms with E-state index in [1.165, 1.54) is 37.5 Å². The number of nitrogens with zero attached hydrogens (tertiary/aromatic N) is 1. The van der Waals surface area contributed by atoms with Crippen molar-refractivity contribution in [1.82, 2.24) is 5.43 Å². The average molecular weight is 420 g/mol. The zero-order valence-corrected chi connectivity index (χ0v) is 16.8. The largest absolute Gasteiger partial charge is 0.278 e. The SMILES string of the molecule is O=C(N/N=C\C1CCCCC1)c1cccc(S(=O)(=O)Nc2ccccc2Cl)c1. The van der Waals surface area contributed by atoms with Gasteiger partial charge in [0.25, 0.3) is 15.9 Å². The maximum absolute atomic E-state index is 12.6. The van der Waals surface area contributed by atoms with E-state index >= 15 is 0 Å². The molecule has 2 aromatic carbocycles. The maximum Gasteiger partial charge on any atom is 0.271 e. The van der Waals surface area contributed by atoms with Gasteiger partial charge in [-0.1, -0.05) is 49.1 Å². The third kappa shape index (κ3) is 5.33. The van der Waals surface area contributed by atoms with Gasteiger partial charge in [-0.15, -0.1) is 0 Å². The molecule has 0 aromatic heterocycles. The van der Waals surface area contributed by atoms with Crippen molar-refractivity contribution >= 4 is 39.4 Å². The Balaban J connectivity index is 1.69. The van der Waals surface area contributed by atoms with E-state index in [0.29, 0.717) is 5.92 Å². The Bertz CT molecular complexity index is 970. The minimum Gasteiger partial charge on any atom is -0.278 e. The highest BCUT2D eigenvalue weighted by atomic mass is 35.5. The first-order chi connectivity index (χ1) is 13.5. The van der Waals surface area contributed by atoms with Gasteiger partial charge in [0, 0.05) is 11.8 Å². The van der Waals surface area contributed by atoms with Gasteiger partial charge < -0.3 is 0 Å². The van der Waals surface area contributed by atoms with Crippen LogP contribution in [-0.4, -0.2) is 20.5 Å². The van der Waals surface area contributed by atoms with Gasteiger partial charge in [0.15, 0.2) is 0 Å². The Morgan fingerprint density at radius 3 is 2.57 bits per heavy atom. The van der Waals surface area contributed by atoms with Gasteiger partial charge in [-0.25, -0.2) is 13.8 Å². The monoisotopic (exact) mass is 419 g/mol. The van der Waals surface area contributed by atoms with Crippen molar-refractivity contribution in [3.63, 3.8) is 0 Å². The third-order valence-corrected chi connectivity index (χ3v) is 6.32. The Hall–Kier alpha value is -2.38. The lowest BCUT2D eigenvalue weighted by atomic mass is 9.90. The lowest BCUT2D eigenvalue weighted by Crippen LogP contribution is -2.20. The van der Waals surface area contributed by atoms with E-state index in [1.807, 2.05) is 0 Å². The van der Waals surface area contributed by atoms with Gasteiger partial charge in [0.2, 0.25) is 0 Å². The minimum absolute atomic E-state index is 0.0312. The number of hydrogen-bond donors (Lipinski definition) is 2. The van der Waals surface area contributed by atoms with Crippen molar-refractivity contribution < 1.29 is 13.2 Å². The first-order valence-electron chi connectivity index (χ1n) is 9.17. The molecular formula is C20H22ClN3O3S. The highest BCUT2D eigenvalue weighted by Crippen LogP contribution is 2.24. The number of nitrogens with one attached hydrogen (secondary N) is 2. The van der Waals surface area contributed by atoms with Crippen molar-refractivity contribution in [1.29, 1.82) is 0 Å². The lowest BCUT2D eigenvalue weighted by Gasteiger charge is -2.16. The van der Waals surface area contributed by atoms with Crippen LogP contribution in [0.25, 0.3) is 0 Å². The molecule has 0 radical (unpaired) electrons. The molecule has 0 unspecified atom stereocenters. The molecule has 0 saturated heterocycles. The second-order valence-electron chi connectivity index (χ2n) is 6.73. The summed E-state index contributed by atoms with van der Waals surface area (Å²) in [5, 5.41) is 4.32. The molecule has 0 spiro atoms. The highest BCUT2D eigenvalue weighted by molar-refractivity contribution is 7.92. The zero-order chi connectivity index (χ0) is 20.0. The van der Waals surface area contributed by atoms with Gasteiger partial charge >= 0.3 is 0 Å². The van der Waals surface area contributed by atoms with Crippen molar-refractivity contribution in [2.45, 2.75) is 37.0 Å². The molecule has 8 heteroatoms. The molecule has 1 saturated carbocycles. The summed E-state index contributed by atoms with van der Waals surface area (Å²) in [5.41, 5.74) is 2.96. The molecular weight excluding hydrogens is 398 g/mol. The molecule has 1 amide bonds. The summed E-state index contributed by atoms with van der Waals surface area (Å²) < 4.78 is 27.7. The molecule has 3 rings (SSSR count). The van der Waals surface area contributed by atoms with E-state index in [9.17, 15) is 13.2 Å². The molecule has 2 N–H and O–H groups in total. The van der Waals surface area contributed by atoms with Crippen LogP contribution in [0.5, 0.6) is 0 Å². The Morgan fingerprint density at radius 2 is 1.82 bits per heavy atom. The second-order valence-corrected chi connectivity index (χ2v) is 8.82. The molecule has 2 aromatic rings. The molecule has 6 nitrogen and oxygen atoms in total. The molecule has 0 atom stereocenters. The number of benzene rings is 2. The number of hydrogen-bond acceptors (Lipinski definition) is 4. The molecule has 1 fully saturated rings. The average Bonchev–Trinajstić information content (AvgIpc) is 2.70. The van der Waals surface area contributed by atoms with Crippen molar-refractivity contribution in [3.8, 4) is 0 Å². The normalized spacial score (nSPS) is 15.5. The fraction of sp³-hybridized carbons (Fsp3) is 0.300. The number of sulfonamides is 1. The molecule has 148 valence electrons. The summed E-state index contributed by atoms with van der Waals surface area (Å²) in [6.07, 6.45) is 7.56. The molecule has 1 aliphatic carbocycles. The fourth-order valence-corrected chi connectivity index (χ4v) is 4.47. The number of carbonyl (C=O) groups is 1. The summed E-state index contributed by atoms with van der Waals surface area (Å²) in [5.74, 6) is -0.0672. The van der Waals surface area contributed by atoms with Crippen LogP contribution in [0.3, 0.4) is 0 Å². The van der Waals surface area contributed by atoms with E-state index in [0.717, 1.165) is 12.8 Å². The fourth-order valence-electron chi connectivity index (χ4n) is 3.10. The van der Waals surface area contributed by atoms with Crippen LogP contribution in [0.4, 0.5) is 5.69 Å². The molecule has 1 aliphatic rings. The van der Waals surface area contributed by atoms with Crippen LogP contribution in [0, 0.1) is 5.92 Å². The van der Waals surface area contributed by atoms with Crippen LogP contribution >= 0.6 is 11.6 Å². The summed E-state index contributed by atoms with van der Waals surface area (Å²) in [4.78, 5) is 12.3. The van der Waals surface area contributed by atoms with Crippen molar-refractivity contribution in [3.05, 3.63) is 59.1 Å². The number of amides is 1. The number of carbonyl (C=O) groups excluding carboxylic acids is 1. The quantitative estimate of drug-likeness (QED) is 0.536. The van der Waals surface area contributed by atoms with Gasteiger partial charge in [-0.05, 0) is 49.1 Å². The molecule has 28 heavy (non-hydrogen) atoms. The molecule has 0 heterocycles. The maximum atomic E-state index is 12.6. The van der Waals surface area contributed by atoms with E-state index in [-0.39, 0.29) is 21.2 Å². The van der Waals surface area contributed by atoms with Crippen LogP contribution in [-0.2, 0) is 10.0 Å².